The fourth-order valence-electron chi connectivity index (χ4n) is 2.11. The Morgan fingerprint density at radius 1 is 0.727 bits per heavy atom. The lowest BCUT2D eigenvalue weighted by atomic mass is 9.95. The molecule has 6 nitrogen and oxygen atoms in total. The Bertz CT molecular complexity index is 685. The maximum Gasteiger partial charge on any atom is 0.297 e. The molecule has 0 spiro atoms. The van der Waals surface area contributed by atoms with E-state index >= 15 is 0 Å². The van der Waals surface area contributed by atoms with Crippen molar-refractivity contribution < 1.29 is 25.2 Å². The van der Waals surface area contributed by atoms with Gasteiger partial charge in [0, 0.05) is 0 Å². The van der Waals surface area contributed by atoms with Crippen LogP contribution in [0.4, 0.5) is 0 Å². The predicted molar refractivity (Wildman–Crippen MR) is 83.0 cm³/mol. The summed E-state index contributed by atoms with van der Waals surface area (Å²) in [5.74, 6) is -0.228. The minimum absolute atomic E-state index is 0.114. The summed E-state index contributed by atoms with van der Waals surface area (Å²) in [6, 6.07) is 2.73. The lowest BCUT2D eigenvalue weighted by Gasteiger charge is -2.19. The maximum absolute atomic E-state index is 12.1. The standard InChI is InChI=1S/C14H22O6S2/c1-9(2)11-7-12(10(3)4)14(22(17,18)20-6)8-13(11)21(15,16)19-5/h7-10H,1-6H3. The van der Waals surface area contributed by atoms with Crippen molar-refractivity contribution in [1.29, 1.82) is 0 Å². The van der Waals surface area contributed by atoms with E-state index < -0.39 is 20.2 Å². The summed E-state index contributed by atoms with van der Waals surface area (Å²) in [5.41, 5.74) is 1.03. The summed E-state index contributed by atoms with van der Waals surface area (Å²) < 4.78 is 57.6. The zero-order valence-corrected chi connectivity index (χ0v) is 15.2. The molecule has 1 aromatic carbocycles. The average Bonchev–Trinajstić information content (AvgIpc) is 2.45. The molecule has 0 saturated carbocycles. The molecule has 0 N–H and O–H groups in total. The Hall–Kier alpha value is -0.960. The van der Waals surface area contributed by atoms with Gasteiger partial charge in [0.05, 0.1) is 24.0 Å². The molecule has 0 atom stereocenters. The Kier molecular flexibility index (Phi) is 5.77. The predicted octanol–water partition coefficient (Wildman–Crippen LogP) is 2.60. The number of hydrogen-bond donors (Lipinski definition) is 0. The normalized spacial score (nSPS) is 13.1. The van der Waals surface area contributed by atoms with Gasteiger partial charge in [-0.1, -0.05) is 33.8 Å². The van der Waals surface area contributed by atoms with Crippen molar-refractivity contribution in [2.45, 2.75) is 49.3 Å². The summed E-state index contributed by atoms with van der Waals surface area (Å²) in [6.45, 7) is 7.33. The molecule has 0 aliphatic carbocycles. The van der Waals surface area contributed by atoms with Crippen LogP contribution in [0.2, 0.25) is 0 Å². The Morgan fingerprint density at radius 2 is 1.05 bits per heavy atom. The van der Waals surface area contributed by atoms with Gasteiger partial charge in [0.25, 0.3) is 20.2 Å². The van der Waals surface area contributed by atoms with Gasteiger partial charge in [-0.05, 0) is 29.0 Å². The van der Waals surface area contributed by atoms with Gasteiger partial charge in [0.1, 0.15) is 0 Å². The Labute approximate surface area is 132 Å². The highest BCUT2D eigenvalue weighted by molar-refractivity contribution is 7.87. The minimum atomic E-state index is -4.03. The first-order valence-electron chi connectivity index (χ1n) is 6.77. The molecule has 8 heteroatoms. The molecule has 0 radical (unpaired) electrons. The second kappa shape index (κ2) is 6.66. The van der Waals surface area contributed by atoms with Crippen LogP contribution in [0, 0.1) is 0 Å². The number of rotatable bonds is 6. The van der Waals surface area contributed by atoms with Crippen LogP contribution in [0.15, 0.2) is 21.9 Å². The molecule has 1 rings (SSSR count). The first-order valence-corrected chi connectivity index (χ1v) is 9.58. The SMILES string of the molecule is COS(=O)(=O)c1cc(S(=O)(=O)OC)c(C(C)C)cc1C(C)C. The lowest BCUT2D eigenvalue weighted by Crippen LogP contribution is -2.14. The van der Waals surface area contributed by atoms with Crippen LogP contribution in [-0.4, -0.2) is 31.1 Å². The zero-order chi connectivity index (χ0) is 17.3. The molecule has 0 heterocycles. The second-order valence-electron chi connectivity index (χ2n) is 5.48. The monoisotopic (exact) mass is 350 g/mol. The molecule has 22 heavy (non-hydrogen) atoms. The molecule has 0 aliphatic rings. The van der Waals surface area contributed by atoms with Gasteiger partial charge in [0.2, 0.25) is 0 Å². The van der Waals surface area contributed by atoms with Crippen molar-refractivity contribution in [1.82, 2.24) is 0 Å². The Morgan fingerprint density at radius 3 is 1.27 bits per heavy atom. The van der Waals surface area contributed by atoms with Crippen molar-refractivity contribution in [2.24, 2.45) is 0 Å². The molecule has 0 fully saturated rings. The first kappa shape index (κ1) is 19.1. The highest BCUT2D eigenvalue weighted by atomic mass is 32.2. The van der Waals surface area contributed by atoms with E-state index in [0.717, 1.165) is 20.3 Å². The quantitative estimate of drug-likeness (QED) is 0.733. The van der Waals surface area contributed by atoms with Crippen molar-refractivity contribution in [3.63, 3.8) is 0 Å². The highest BCUT2D eigenvalue weighted by Gasteiger charge is 2.28. The molecule has 1 aromatic rings. The molecule has 0 aliphatic heterocycles. The summed E-state index contributed by atoms with van der Waals surface area (Å²) in [4.78, 5) is -0.296. The topological polar surface area (TPSA) is 86.7 Å². The van der Waals surface area contributed by atoms with Gasteiger partial charge in [-0.3, -0.25) is 8.37 Å². The second-order valence-corrected chi connectivity index (χ2v) is 8.84. The van der Waals surface area contributed by atoms with Gasteiger partial charge < -0.3 is 0 Å². The number of benzene rings is 1. The van der Waals surface area contributed by atoms with Gasteiger partial charge in [-0.2, -0.15) is 16.8 Å². The molecular formula is C14H22O6S2. The molecule has 126 valence electrons. The van der Waals surface area contributed by atoms with E-state index in [0.29, 0.717) is 11.1 Å². The molecule has 0 unspecified atom stereocenters. The van der Waals surface area contributed by atoms with Crippen LogP contribution in [0.1, 0.15) is 50.7 Å². The van der Waals surface area contributed by atoms with Gasteiger partial charge in [-0.25, -0.2) is 0 Å². The van der Waals surface area contributed by atoms with Crippen LogP contribution in [-0.2, 0) is 28.6 Å². The van der Waals surface area contributed by atoms with E-state index in [1.807, 2.05) is 27.7 Å². The molecular weight excluding hydrogens is 328 g/mol. The first-order chi connectivity index (χ1) is 9.97. The van der Waals surface area contributed by atoms with Crippen molar-refractivity contribution in [2.75, 3.05) is 14.2 Å². The summed E-state index contributed by atoms with van der Waals surface area (Å²) in [5, 5.41) is 0. The largest absolute Gasteiger partial charge is 0.297 e. The van der Waals surface area contributed by atoms with Crippen LogP contribution in [0.5, 0.6) is 0 Å². The zero-order valence-electron chi connectivity index (χ0n) is 13.6. The molecule has 0 saturated heterocycles. The maximum atomic E-state index is 12.1. The fraction of sp³-hybridized carbons (Fsp3) is 0.571. The van der Waals surface area contributed by atoms with E-state index in [9.17, 15) is 16.8 Å². The van der Waals surface area contributed by atoms with Gasteiger partial charge in [-0.15, -0.1) is 0 Å². The van der Waals surface area contributed by atoms with E-state index in [4.69, 9.17) is 0 Å². The third-order valence-electron chi connectivity index (χ3n) is 3.36. The summed E-state index contributed by atoms with van der Waals surface area (Å²) in [7, 11) is -5.97. The van der Waals surface area contributed by atoms with Crippen molar-refractivity contribution in [3.8, 4) is 0 Å². The lowest BCUT2D eigenvalue weighted by molar-refractivity contribution is 0.394. The van der Waals surface area contributed by atoms with E-state index in [1.54, 1.807) is 6.07 Å². The van der Waals surface area contributed by atoms with Crippen molar-refractivity contribution >= 4 is 20.2 Å². The molecule has 0 amide bonds. The van der Waals surface area contributed by atoms with Crippen LogP contribution in [0.3, 0.4) is 0 Å². The fourth-order valence-corrected chi connectivity index (χ4v) is 4.24. The van der Waals surface area contributed by atoms with E-state index in [2.05, 4.69) is 8.37 Å². The third kappa shape index (κ3) is 3.68. The van der Waals surface area contributed by atoms with E-state index in [1.165, 1.54) is 0 Å². The number of hydrogen-bond acceptors (Lipinski definition) is 6. The average molecular weight is 350 g/mol. The highest BCUT2D eigenvalue weighted by Crippen LogP contribution is 2.34. The minimum Gasteiger partial charge on any atom is -0.270 e. The summed E-state index contributed by atoms with van der Waals surface area (Å²) in [6.07, 6.45) is 0. The van der Waals surface area contributed by atoms with Crippen molar-refractivity contribution in [3.05, 3.63) is 23.3 Å². The Balaban J connectivity index is 3.91. The van der Waals surface area contributed by atoms with Gasteiger partial charge >= 0.3 is 0 Å². The van der Waals surface area contributed by atoms with Crippen LogP contribution < -0.4 is 0 Å². The summed E-state index contributed by atoms with van der Waals surface area (Å²) >= 11 is 0. The van der Waals surface area contributed by atoms with E-state index in [-0.39, 0.29) is 21.6 Å². The van der Waals surface area contributed by atoms with Crippen LogP contribution >= 0.6 is 0 Å². The van der Waals surface area contributed by atoms with Gasteiger partial charge in [0.15, 0.2) is 0 Å². The molecule has 0 bridgehead atoms. The smallest absolute Gasteiger partial charge is 0.270 e. The van der Waals surface area contributed by atoms with Crippen LogP contribution in [0.25, 0.3) is 0 Å². The third-order valence-corrected chi connectivity index (χ3v) is 6.03. The molecule has 0 aromatic heterocycles.